The maximum atomic E-state index is 12.4. The van der Waals surface area contributed by atoms with Crippen molar-refractivity contribution in [3.05, 3.63) is 30.3 Å². The van der Waals surface area contributed by atoms with Crippen LogP contribution in [0.2, 0.25) is 0 Å². The van der Waals surface area contributed by atoms with E-state index in [9.17, 15) is 4.79 Å². The van der Waals surface area contributed by atoms with Crippen LogP contribution in [-0.2, 0) is 4.79 Å². The van der Waals surface area contributed by atoms with Gasteiger partial charge < -0.3 is 15.5 Å². The van der Waals surface area contributed by atoms with Gasteiger partial charge in [-0.05, 0) is 51.2 Å². The standard InChI is InChI=1S/C21H32N4OS.HI/c1-17-8-6-7-15-25(17)19(26)11-14-23-20(22-2)24-16-21(12-13-21)27-18-9-4-3-5-10-18;/h3-5,9-10,17H,6-8,11-16H2,1-2H3,(H2,22,23,24);1H. The number of thioether (sulfide) groups is 1. The van der Waals surface area contributed by atoms with Crippen LogP contribution in [0.1, 0.15) is 45.4 Å². The molecule has 1 atom stereocenters. The molecule has 1 unspecified atom stereocenters. The smallest absolute Gasteiger partial charge is 0.224 e. The van der Waals surface area contributed by atoms with E-state index in [1.54, 1.807) is 7.05 Å². The van der Waals surface area contributed by atoms with Crippen molar-refractivity contribution in [3.63, 3.8) is 0 Å². The predicted molar refractivity (Wildman–Crippen MR) is 129 cm³/mol. The summed E-state index contributed by atoms with van der Waals surface area (Å²) in [5.41, 5.74) is 0. The van der Waals surface area contributed by atoms with Crippen molar-refractivity contribution in [1.82, 2.24) is 15.5 Å². The molecule has 0 bridgehead atoms. The second kappa shape index (κ2) is 11.3. The molecule has 1 aliphatic heterocycles. The molecule has 2 N–H and O–H groups in total. The zero-order valence-corrected chi connectivity index (χ0v) is 20.1. The number of carbonyl (C=O) groups excluding carboxylic acids is 1. The fourth-order valence-corrected chi connectivity index (χ4v) is 4.80. The fraction of sp³-hybridized carbons (Fsp3) is 0.619. The van der Waals surface area contributed by atoms with Gasteiger partial charge >= 0.3 is 0 Å². The average Bonchev–Trinajstić information content (AvgIpc) is 3.45. The van der Waals surface area contributed by atoms with Gasteiger partial charge in [0, 0.05) is 48.8 Å². The number of likely N-dealkylation sites (tertiary alicyclic amines) is 1. The molecule has 1 saturated carbocycles. The highest BCUT2D eigenvalue weighted by atomic mass is 127. The van der Waals surface area contributed by atoms with E-state index in [0.29, 0.717) is 19.0 Å². The summed E-state index contributed by atoms with van der Waals surface area (Å²) in [4.78, 5) is 20.1. The number of nitrogens with zero attached hydrogens (tertiary/aromatic N) is 2. The van der Waals surface area contributed by atoms with Crippen LogP contribution in [-0.4, -0.2) is 54.2 Å². The molecule has 1 saturated heterocycles. The number of benzene rings is 1. The Balaban J connectivity index is 0.00000280. The highest BCUT2D eigenvalue weighted by Crippen LogP contribution is 2.51. The molecule has 7 heteroatoms. The molecule has 0 aromatic heterocycles. The second-order valence-electron chi connectivity index (χ2n) is 7.63. The highest BCUT2D eigenvalue weighted by Gasteiger charge is 2.43. The van der Waals surface area contributed by atoms with Crippen molar-refractivity contribution in [2.24, 2.45) is 4.99 Å². The summed E-state index contributed by atoms with van der Waals surface area (Å²) in [5, 5.41) is 6.75. The maximum absolute atomic E-state index is 12.4. The molecule has 2 fully saturated rings. The zero-order chi connectivity index (χ0) is 19.1. The van der Waals surface area contributed by atoms with Crippen molar-refractivity contribution in [3.8, 4) is 0 Å². The Morgan fingerprint density at radius 2 is 2.00 bits per heavy atom. The van der Waals surface area contributed by atoms with Gasteiger partial charge in [-0.1, -0.05) is 18.2 Å². The van der Waals surface area contributed by atoms with Crippen LogP contribution in [0.25, 0.3) is 0 Å². The number of piperidine rings is 1. The number of carbonyl (C=O) groups is 1. The van der Waals surface area contributed by atoms with Crippen molar-refractivity contribution < 1.29 is 4.79 Å². The fourth-order valence-electron chi connectivity index (χ4n) is 3.56. The molecule has 0 radical (unpaired) electrons. The molecular weight excluding hydrogens is 483 g/mol. The van der Waals surface area contributed by atoms with Crippen LogP contribution >= 0.6 is 35.7 Å². The normalized spacial score (nSPS) is 20.9. The summed E-state index contributed by atoms with van der Waals surface area (Å²) in [6.45, 7) is 4.58. The van der Waals surface area contributed by atoms with E-state index in [1.165, 1.54) is 24.2 Å². The Bertz CT molecular complexity index is 651. The van der Waals surface area contributed by atoms with E-state index in [1.807, 2.05) is 16.7 Å². The van der Waals surface area contributed by atoms with E-state index in [0.717, 1.165) is 31.9 Å². The average molecular weight is 516 g/mol. The molecule has 156 valence electrons. The Hall–Kier alpha value is -0.960. The van der Waals surface area contributed by atoms with Crippen molar-refractivity contribution in [1.29, 1.82) is 0 Å². The summed E-state index contributed by atoms with van der Waals surface area (Å²) >= 11 is 1.95. The zero-order valence-electron chi connectivity index (χ0n) is 16.9. The number of halogens is 1. The monoisotopic (exact) mass is 516 g/mol. The van der Waals surface area contributed by atoms with Crippen LogP contribution in [0.15, 0.2) is 40.2 Å². The van der Waals surface area contributed by atoms with E-state index in [4.69, 9.17) is 0 Å². The Morgan fingerprint density at radius 3 is 2.64 bits per heavy atom. The minimum Gasteiger partial charge on any atom is -0.356 e. The van der Waals surface area contributed by atoms with Gasteiger partial charge in [-0.25, -0.2) is 0 Å². The lowest BCUT2D eigenvalue weighted by Gasteiger charge is -2.33. The van der Waals surface area contributed by atoms with Crippen LogP contribution in [0, 0.1) is 0 Å². The number of hydrogen-bond acceptors (Lipinski definition) is 3. The first-order chi connectivity index (χ1) is 13.1. The first-order valence-electron chi connectivity index (χ1n) is 10.1. The van der Waals surface area contributed by atoms with Crippen molar-refractivity contribution in [2.75, 3.05) is 26.7 Å². The van der Waals surface area contributed by atoms with Gasteiger partial charge in [-0.2, -0.15) is 0 Å². The van der Waals surface area contributed by atoms with Crippen LogP contribution in [0.5, 0.6) is 0 Å². The lowest BCUT2D eigenvalue weighted by Crippen LogP contribution is -2.45. The number of aliphatic imine (C=N–C) groups is 1. The molecule has 1 aromatic carbocycles. The molecule has 0 spiro atoms. The Morgan fingerprint density at radius 1 is 1.25 bits per heavy atom. The van der Waals surface area contributed by atoms with E-state index in [-0.39, 0.29) is 34.6 Å². The van der Waals surface area contributed by atoms with Gasteiger partial charge in [0.25, 0.3) is 0 Å². The van der Waals surface area contributed by atoms with E-state index >= 15 is 0 Å². The van der Waals surface area contributed by atoms with Crippen LogP contribution < -0.4 is 10.6 Å². The van der Waals surface area contributed by atoms with Crippen LogP contribution in [0.4, 0.5) is 0 Å². The summed E-state index contributed by atoms with van der Waals surface area (Å²) in [6, 6.07) is 11.0. The van der Waals surface area contributed by atoms with Gasteiger partial charge in [0.15, 0.2) is 5.96 Å². The SMILES string of the molecule is CN=C(NCCC(=O)N1CCCCC1C)NCC1(Sc2ccccc2)CC1.I. The number of nitrogens with one attached hydrogen (secondary N) is 2. The third-order valence-corrected chi connectivity index (χ3v) is 6.93. The van der Waals surface area contributed by atoms with Gasteiger partial charge in [0.2, 0.25) is 5.91 Å². The molecule has 28 heavy (non-hydrogen) atoms. The largest absolute Gasteiger partial charge is 0.356 e. The number of hydrogen-bond donors (Lipinski definition) is 2. The Kier molecular flexibility index (Phi) is 9.40. The van der Waals surface area contributed by atoms with Crippen molar-refractivity contribution in [2.45, 2.75) is 61.1 Å². The topological polar surface area (TPSA) is 56.7 Å². The molecule has 5 nitrogen and oxygen atoms in total. The molecule has 1 amide bonds. The lowest BCUT2D eigenvalue weighted by molar-refractivity contribution is -0.134. The van der Waals surface area contributed by atoms with Crippen LogP contribution in [0.3, 0.4) is 0 Å². The first kappa shape index (κ1) is 23.3. The van der Waals surface area contributed by atoms with Gasteiger partial charge in [-0.15, -0.1) is 35.7 Å². The minimum atomic E-state index is 0. The second-order valence-corrected chi connectivity index (χ2v) is 9.17. The molecule has 1 aromatic rings. The number of guanidine groups is 1. The predicted octanol–water partition coefficient (Wildman–Crippen LogP) is 3.89. The molecule has 3 rings (SSSR count). The van der Waals surface area contributed by atoms with E-state index < -0.39 is 0 Å². The molecule has 2 aliphatic rings. The lowest BCUT2D eigenvalue weighted by atomic mass is 10.0. The molecular formula is C21H33IN4OS. The summed E-state index contributed by atoms with van der Waals surface area (Å²) in [5.74, 6) is 1.04. The van der Waals surface area contributed by atoms with E-state index in [2.05, 4.69) is 52.9 Å². The van der Waals surface area contributed by atoms with Crippen molar-refractivity contribution >= 4 is 47.6 Å². The summed E-state index contributed by atoms with van der Waals surface area (Å²) < 4.78 is 0.276. The highest BCUT2D eigenvalue weighted by molar-refractivity contribution is 14.0. The van der Waals surface area contributed by atoms with Gasteiger partial charge in [0.05, 0.1) is 0 Å². The van der Waals surface area contributed by atoms with Gasteiger partial charge in [-0.3, -0.25) is 9.79 Å². The summed E-state index contributed by atoms with van der Waals surface area (Å²) in [7, 11) is 1.79. The number of amides is 1. The maximum Gasteiger partial charge on any atom is 0.224 e. The molecule has 1 heterocycles. The van der Waals surface area contributed by atoms with Gasteiger partial charge in [0.1, 0.15) is 0 Å². The minimum absolute atomic E-state index is 0. The number of rotatable bonds is 7. The third-order valence-electron chi connectivity index (χ3n) is 5.44. The molecule has 1 aliphatic carbocycles. The summed E-state index contributed by atoms with van der Waals surface area (Å²) in [6.07, 6.45) is 6.47. The Labute approximate surface area is 190 Å². The first-order valence-corrected chi connectivity index (χ1v) is 10.9. The quantitative estimate of drug-likeness (QED) is 0.328. The third kappa shape index (κ3) is 6.83.